The average Bonchev–Trinajstić information content (AvgIpc) is 2.60. The van der Waals surface area contributed by atoms with E-state index in [0.717, 1.165) is 6.42 Å². The standard InChI is InChI=1S/C11H22N2O3.ClH/c1-8(7-13-10(14)9(2)12)6-11(3)15-4-5-16-11;/h8-9H,4-7,12H2,1-3H3,(H,13,14);1H. The highest BCUT2D eigenvalue weighted by atomic mass is 35.5. The lowest BCUT2D eigenvalue weighted by molar-refractivity contribution is -0.154. The summed E-state index contributed by atoms with van der Waals surface area (Å²) >= 11 is 0. The third-order valence-corrected chi connectivity index (χ3v) is 2.66. The maximum Gasteiger partial charge on any atom is 0.236 e. The van der Waals surface area contributed by atoms with Crippen molar-refractivity contribution in [1.82, 2.24) is 5.32 Å². The molecular formula is C11H23ClN2O3. The van der Waals surface area contributed by atoms with Crippen LogP contribution < -0.4 is 11.1 Å². The summed E-state index contributed by atoms with van der Waals surface area (Å²) in [5, 5.41) is 2.80. The fourth-order valence-corrected chi connectivity index (χ4v) is 1.82. The summed E-state index contributed by atoms with van der Waals surface area (Å²) in [6.07, 6.45) is 0.770. The molecule has 17 heavy (non-hydrogen) atoms. The summed E-state index contributed by atoms with van der Waals surface area (Å²) in [5.74, 6) is -0.311. The second-order valence-corrected chi connectivity index (χ2v) is 4.67. The van der Waals surface area contributed by atoms with Gasteiger partial charge in [-0.3, -0.25) is 4.79 Å². The van der Waals surface area contributed by atoms with Crippen molar-refractivity contribution in [2.45, 2.75) is 39.0 Å². The fourth-order valence-electron chi connectivity index (χ4n) is 1.82. The van der Waals surface area contributed by atoms with Crippen molar-refractivity contribution in [1.29, 1.82) is 0 Å². The Hall–Kier alpha value is -0.360. The van der Waals surface area contributed by atoms with Crippen LogP contribution in [0, 0.1) is 5.92 Å². The van der Waals surface area contributed by atoms with Crippen molar-refractivity contribution >= 4 is 18.3 Å². The van der Waals surface area contributed by atoms with E-state index in [1.54, 1.807) is 6.92 Å². The number of hydrogen-bond donors (Lipinski definition) is 2. The number of carbonyl (C=O) groups excluding carboxylic acids is 1. The van der Waals surface area contributed by atoms with Crippen molar-refractivity contribution in [3.63, 3.8) is 0 Å². The molecule has 1 aliphatic heterocycles. The predicted octanol–water partition coefficient (Wildman–Crippen LogP) is 0.661. The molecule has 2 unspecified atom stereocenters. The quantitative estimate of drug-likeness (QED) is 0.767. The number of hydrogen-bond acceptors (Lipinski definition) is 4. The number of ether oxygens (including phenoxy) is 2. The highest BCUT2D eigenvalue weighted by Gasteiger charge is 2.32. The van der Waals surface area contributed by atoms with Gasteiger partial charge in [-0.1, -0.05) is 6.92 Å². The number of rotatable bonds is 5. The summed E-state index contributed by atoms with van der Waals surface area (Å²) in [6.45, 7) is 7.56. The number of amides is 1. The molecule has 5 nitrogen and oxygen atoms in total. The largest absolute Gasteiger partial charge is 0.354 e. The molecule has 1 heterocycles. The summed E-state index contributed by atoms with van der Waals surface area (Å²) in [5.41, 5.74) is 5.45. The Balaban J connectivity index is 0.00000256. The molecule has 0 bridgehead atoms. The first-order valence-electron chi connectivity index (χ1n) is 5.74. The third-order valence-electron chi connectivity index (χ3n) is 2.66. The molecule has 6 heteroatoms. The van der Waals surface area contributed by atoms with Gasteiger partial charge in [0.2, 0.25) is 5.91 Å². The van der Waals surface area contributed by atoms with E-state index in [2.05, 4.69) is 12.2 Å². The van der Waals surface area contributed by atoms with Crippen LogP contribution in [-0.4, -0.2) is 37.5 Å². The van der Waals surface area contributed by atoms with Gasteiger partial charge in [0.15, 0.2) is 5.79 Å². The molecule has 0 saturated carbocycles. The van der Waals surface area contributed by atoms with Crippen molar-refractivity contribution in [3.05, 3.63) is 0 Å². The molecule has 0 aliphatic carbocycles. The van der Waals surface area contributed by atoms with Gasteiger partial charge in [0.1, 0.15) is 0 Å². The summed E-state index contributed by atoms with van der Waals surface area (Å²) in [7, 11) is 0. The maximum atomic E-state index is 11.3. The molecule has 3 N–H and O–H groups in total. The van der Waals surface area contributed by atoms with Crippen molar-refractivity contribution in [2.24, 2.45) is 11.7 Å². The Bertz CT molecular complexity index is 243. The minimum absolute atomic E-state index is 0. The zero-order valence-corrected chi connectivity index (χ0v) is 11.5. The van der Waals surface area contributed by atoms with Crippen LogP contribution in [0.25, 0.3) is 0 Å². The van der Waals surface area contributed by atoms with Crippen LogP contribution in [0.3, 0.4) is 0 Å². The fraction of sp³-hybridized carbons (Fsp3) is 0.909. The zero-order chi connectivity index (χ0) is 12.2. The molecule has 1 amide bonds. The van der Waals surface area contributed by atoms with Gasteiger partial charge in [-0.25, -0.2) is 0 Å². The molecule has 2 atom stereocenters. The second kappa shape index (κ2) is 7.16. The van der Waals surface area contributed by atoms with Gasteiger partial charge >= 0.3 is 0 Å². The van der Waals surface area contributed by atoms with E-state index < -0.39 is 11.8 Å². The number of halogens is 1. The van der Waals surface area contributed by atoms with Gasteiger partial charge in [-0.15, -0.1) is 12.4 Å². The van der Waals surface area contributed by atoms with Gasteiger partial charge in [0, 0.05) is 13.0 Å². The molecule has 0 aromatic rings. The van der Waals surface area contributed by atoms with Crippen LogP contribution in [-0.2, 0) is 14.3 Å². The van der Waals surface area contributed by atoms with E-state index >= 15 is 0 Å². The minimum atomic E-state index is -0.488. The van der Waals surface area contributed by atoms with E-state index in [1.165, 1.54) is 0 Å². The van der Waals surface area contributed by atoms with Crippen molar-refractivity contribution < 1.29 is 14.3 Å². The summed E-state index contributed by atoms with van der Waals surface area (Å²) in [6, 6.07) is -0.457. The third kappa shape index (κ3) is 5.68. The highest BCUT2D eigenvalue weighted by Crippen LogP contribution is 2.26. The summed E-state index contributed by atoms with van der Waals surface area (Å²) < 4.78 is 11.0. The van der Waals surface area contributed by atoms with E-state index in [9.17, 15) is 4.79 Å². The Labute approximate surface area is 109 Å². The first-order chi connectivity index (χ1) is 7.43. The Kier molecular flexibility index (Phi) is 7.01. The lowest BCUT2D eigenvalue weighted by Gasteiger charge is -2.26. The molecule has 0 aromatic carbocycles. The van der Waals surface area contributed by atoms with E-state index in [-0.39, 0.29) is 18.3 Å². The average molecular weight is 267 g/mol. The highest BCUT2D eigenvalue weighted by molar-refractivity contribution is 5.85. The van der Waals surface area contributed by atoms with Crippen LogP contribution in [0.15, 0.2) is 0 Å². The number of carbonyl (C=O) groups is 1. The molecule has 0 radical (unpaired) electrons. The van der Waals surface area contributed by atoms with Crippen LogP contribution in [0.4, 0.5) is 0 Å². The van der Waals surface area contributed by atoms with Crippen LogP contribution in [0.2, 0.25) is 0 Å². The zero-order valence-electron chi connectivity index (χ0n) is 10.7. The van der Waals surface area contributed by atoms with Crippen molar-refractivity contribution in [3.8, 4) is 0 Å². The Morgan fingerprint density at radius 1 is 1.41 bits per heavy atom. The van der Waals surface area contributed by atoms with Crippen molar-refractivity contribution in [2.75, 3.05) is 19.8 Å². The van der Waals surface area contributed by atoms with Crippen LogP contribution in [0.1, 0.15) is 27.2 Å². The van der Waals surface area contributed by atoms with E-state index in [1.807, 2.05) is 6.92 Å². The molecule has 1 rings (SSSR count). The summed E-state index contributed by atoms with van der Waals surface area (Å²) in [4.78, 5) is 11.3. The van der Waals surface area contributed by atoms with E-state index in [4.69, 9.17) is 15.2 Å². The topological polar surface area (TPSA) is 73.6 Å². The van der Waals surface area contributed by atoms with Gasteiger partial charge in [-0.05, 0) is 19.8 Å². The molecule has 1 fully saturated rings. The first-order valence-corrected chi connectivity index (χ1v) is 5.74. The van der Waals surface area contributed by atoms with Crippen LogP contribution >= 0.6 is 12.4 Å². The molecule has 0 aromatic heterocycles. The normalized spacial score (nSPS) is 21.4. The molecular weight excluding hydrogens is 244 g/mol. The number of nitrogens with one attached hydrogen (secondary N) is 1. The predicted molar refractivity (Wildman–Crippen MR) is 68.0 cm³/mol. The van der Waals surface area contributed by atoms with Gasteiger partial charge < -0.3 is 20.5 Å². The SMILES string of the molecule is CC(CNC(=O)C(C)N)CC1(C)OCCO1.Cl. The maximum absolute atomic E-state index is 11.3. The lowest BCUT2D eigenvalue weighted by atomic mass is 10.0. The van der Waals surface area contributed by atoms with E-state index in [0.29, 0.717) is 25.7 Å². The Morgan fingerprint density at radius 2 is 1.94 bits per heavy atom. The van der Waals surface area contributed by atoms with Gasteiger partial charge in [0.25, 0.3) is 0 Å². The molecule has 0 spiro atoms. The lowest BCUT2D eigenvalue weighted by Crippen LogP contribution is -2.41. The van der Waals surface area contributed by atoms with Gasteiger partial charge in [0.05, 0.1) is 19.3 Å². The molecule has 1 aliphatic rings. The number of nitrogens with two attached hydrogens (primary N) is 1. The second-order valence-electron chi connectivity index (χ2n) is 4.67. The van der Waals surface area contributed by atoms with Crippen LogP contribution in [0.5, 0.6) is 0 Å². The first kappa shape index (κ1) is 16.6. The van der Waals surface area contributed by atoms with Gasteiger partial charge in [-0.2, -0.15) is 0 Å². The molecule has 102 valence electrons. The molecule has 1 saturated heterocycles. The Morgan fingerprint density at radius 3 is 2.41 bits per heavy atom. The monoisotopic (exact) mass is 266 g/mol. The minimum Gasteiger partial charge on any atom is -0.354 e. The smallest absolute Gasteiger partial charge is 0.236 e.